The number of benzene rings is 2. The minimum absolute atomic E-state index is 0.138. The summed E-state index contributed by atoms with van der Waals surface area (Å²) in [6.45, 7) is 1.31. The Morgan fingerprint density at radius 2 is 1.70 bits per heavy atom. The molecular formula is C30H33N3O7. The van der Waals surface area contributed by atoms with Crippen LogP contribution in [0.3, 0.4) is 0 Å². The van der Waals surface area contributed by atoms with Crippen molar-refractivity contribution in [2.45, 2.75) is 25.8 Å². The summed E-state index contributed by atoms with van der Waals surface area (Å²) in [5.74, 6) is 1.48. The van der Waals surface area contributed by atoms with E-state index in [4.69, 9.17) is 18.9 Å². The van der Waals surface area contributed by atoms with Crippen molar-refractivity contribution in [2.75, 3.05) is 45.6 Å². The molecule has 0 aromatic heterocycles. The summed E-state index contributed by atoms with van der Waals surface area (Å²) in [6, 6.07) is 13.4. The summed E-state index contributed by atoms with van der Waals surface area (Å²) in [5.41, 5.74) is 3.50. The molecule has 0 radical (unpaired) electrons. The molecule has 0 saturated carbocycles. The van der Waals surface area contributed by atoms with E-state index in [1.807, 2.05) is 6.07 Å². The second kappa shape index (κ2) is 12.4. The molecule has 0 bridgehead atoms. The largest absolute Gasteiger partial charge is 0.497 e. The maximum atomic E-state index is 13.4. The fourth-order valence-electron chi connectivity index (χ4n) is 4.94. The van der Waals surface area contributed by atoms with Crippen LogP contribution >= 0.6 is 0 Å². The molecule has 0 saturated heterocycles. The first-order valence-corrected chi connectivity index (χ1v) is 12.7. The lowest BCUT2D eigenvalue weighted by Gasteiger charge is -2.19. The van der Waals surface area contributed by atoms with Gasteiger partial charge in [-0.1, -0.05) is 12.1 Å². The zero-order valence-corrected chi connectivity index (χ0v) is 23.2. The molecule has 0 aliphatic heterocycles. The predicted octanol–water partition coefficient (Wildman–Crippen LogP) is 3.92. The molecule has 210 valence electrons. The SMILES string of the molecule is COc1cccc(NC(=O)CNc2ccc3c(cc2=O)C(NC(C)=O)CCc2cc(OC)c(OC)c(OC)c2-3)c1. The smallest absolute Gasteiger partial charge is 0.243 e. The molecular weight excluding hydrogens is 514 g/mol. The Balaban J connectivity index is 1.75. The topological polar surface area (TPSA) is 124 Å². The van der Waals surface area contributed by atoms with Gasteiger partial charge in [-0.25, -0.2) is 0 Å². The van der Waals surface area contributed by atoms with Crippen LogP contribution in [0.2, 0.25) is 0 Å². The third kappa shape index (κ3) is 5.96. The van der Waals surface area contributed by atoms with Crippen molar-refractivity contribution < 1.29 is 28.5 Å². The average Bonchev–Trinajstić information content (AvgIpc) is 3.19. The molecule has 1 atom stereocenters. The molecule has 0 spiro atoms. The molecule has 1 aliphatic carbocycles. The Hall–Kier alpha value is -4.73. The highest BCUT2D eigenvalue weighted by atomic mass is 16.5. The van der Waals surface area contributed by atoms with Crippen LogP contribution in [-0.2, 0) is 16.0 Å². The lowest BCUT2D eigenvalue weighted by molar-refractivity contribution is -0.119. The Morgan fingerprint density at radius 3 is 2.38 bits per heavy atom. The summed E-state index contributed by atoms with van der Waals surface area (Å²) < 4.78 is 22.2. The molecule has 0 fully saturated rings. The number of hydrogen-bond donors (Lipinski definition) is 3. The molecule has 4 rings (SSSR count). The van der Waals surface area contributed by atoms with Gasteiger partial charge in [-0.3, -0.25) is 14.4 Å². The maximum Gasteiger partial charge on any atom is 0.243 e. The van der Waals surface area contributed by atoms with Gasteiger partial charge in [-0.2, -0.15) is 0 Å². The summed E-state index contributed by atoms with van der Waals surface area (Å²) in [7, 11) is 6.18. The van der Waals surface area contributed by atoms with Crippen LogP contribution in [0.4, 0.5) is 11.4 Å². The molecule has 10 heteroatoms. The molecule has 40 heavy (non-hydrogen) atoms. The van der Waals surface area contributed by atoms with Gasteiger partial charge in [0.15, 0.2) is 11.5 Å². The minimum atomic E-state index is -0.425. The Morgan fingerprint density at radius 1 is 0.925 bits per heavy atom. The van der Waals surface area contributed by atoms with Gasteiger partial charge in [-0.15, -0.1) is 0 Å². The first-order chi connectivity index (χ1) is 19.3. The van der Waals surface area contributed by atoms with E-state index >= 15 is 0 Å². The maximum absolute atomic E-state index is 13.4. The van der Waals surface area contributed by atoms with Gasteiger partial charge < -0.3 is 34.9 Å². The van der Waals surface area contributed by atoms with E-state index in [0.29, 0.717) is 52.7 Å². The number of carbonyl (C=O) groups excluding carboxylic acids is 2. The van der Waals surface area contributed by atoms with Gasteiger partial charge >= 0.3 is 0 Å². The van der Waals surface area contributed by atoms with Crippen LogP contribution in [-0.4, -0.2) is 46.8 Å². The quantitative estimate of drug-likeness (QED) is 0.368. The summed E-state index contributed by atoms with van der Waals surface area (Å²) in [4.78, 5) is 38.1. The zero-order chi connectivity index (χ0) is 28.8. The number of anilines is 2. The average molecular weight is 548 g/mol. The molecule has 1 unspecified atom stereocenters. The van der Waals surface area contributed by atoms with E-state index in [2.05, 4.69) is 16.0 Å². The van der Waals surface area contributed by atoms with Gasteiger partial charge in [0.25, 0.3) is 0 Å². The van der Waals surface area contributed by atoms with Crippen molar-refractivity contribution in [1.29, 1.82) is 0 Å². The normalized spacial score (nSPS) is 13.6. The molecule has 3 N–H and O–H groups in total. The summed E-state index contributed by atoms with van der Waals surface area (Å²) in [5, 5.41) is 8.71. The van der Waals surface area contributed by atoms with E-state index in [9.17, 15) is 14.4 Å². The highest BCUT2D eigenvalue weighted by Gasteiger charge is 2.29. The Labute approximate surface area is 232 Å². The van der Waals surface area contributed by atoms with Crippen molar-refractivity contribution in [1.82, 2.24) is 5.32 Å². The summed E-state index contributed by atoms with van der Waals surface area (Å²) in [6.07, 6.45) is 1.15. The van der Waals surface area contributed by atoms with Crippen LogP contribution in [0.15, 0.2) is 53.3 Å². The molecule has 2 amide bonds. The lowest BCUT2D eigenvalue weighted by Crippen LogP contribution is -2.27. The number of fused-ring (bicyclic) bond motifs is 3. The number of carbonyl (C=O) groups is 2. The molecule has 0 heterocycles. The van der Waals surface area contributed by atoms with Gasteiger partial charge in [-0.05, 0) is 59.9 Å². The highest BCUT2D eigenvalue weighted by molar-refractivity contribution is 5.94. The van der Waals surface area contributed by atoms with Crippen molar-refractivity contribution in [2.24, 2.45) is 0 Å². The molecule has 3 aromatic rings. The standard InChI is InChI=1S/C30H33N3O7/c1-17(34)32-23-11-9-18-13-26(38-3)29(39-4)30(40-5)28(18)21-10-12-24(25(35)15-22(21)23)31-16-27(36)33-19-7-6-8-20(14-19)37-2/h6-8,10,12-15,23H,9,11,16H2,1-5H3,(H,31,35)(H,32,34)(H,33,36). The molecule has 10 nitrogen and oxygen atoms in total. The number of methoxy groups -OCH3 is 4. The second-order valence-corrected chi connectivity index (χ2v) is 9.23. The van der Waals surface area contributed by atoms with Gasteiger partial charge in [0.1, 0.15) is 5.75 Å². The van der Waals surface area contributed by atoms with E-state index < -0.39 is 6.04 Å². The Bertz CT molecular complexity index is 1490. The fourth-order valence-corrected chi connectivity index (χ4v) is 4.94. The number of hydrogen-bond acceptors (Lipinski definition) is 8. The third-order valence-corrected chi connectivity index (χ3v) is 6.71. The minimum Gasteiger partial charge on any atom is -0.497 e. The van der Waals surface area contributed by atoms with Crippen molar-refractivity contribution >= 4 is 23.2 Å². The second-order valence-electron chi connectivity index (χ2n) is 9.23. The molecule has 1 aliphatic rings. The number of rotatable bonds is 9. The third-order valence-electron chi connectivity index (χ3n) is 6.71. The number of nitrogens with one attached hydrogen (secondary N) is 3. The molecule has 3 aromatic carbocycles. The number of ether oxygens (including phenoxy) is 4. The van der Waals surface area contributed by atoms with Crippen molar-refractivity contribution in [3.05, 3.63) is 69.9 Å². The van der Waals surface area contributed by atoms with Gasteiger partial charge in [0.05, 0.1) is 46.7 Å². The van der Waals surface area contributed by atoms with Crippen molar-refractivity contribution in [3.63, 3.8) is 0 Å². The van der Waals surface area contributed by atoms with Crippen molar-refractivity contribution in [3.8, 4) is 34.1 Å². The summed E-state index contributed by atoms with van der Waals surface area (Å²) >= 11 is 0. The first-order valence-electron chi connectivity index (χ1n) is 12.7. The zero-order valence-electron chi connectivity index (χ0n) is 23.2. The highest BCUT2D eigenvalue weighted by Crippen LogP contribution is 2.50. The van der Waals surface area contributed by atoms with Crippen LogP contribution in [0.25, 0.3) is 11.1 Å². The fraction of sp³-hybridized carbons (Fsp3) is 0.300. The van der Waals surface area contributed by atoms with Gasteiger partial charge in [0, 0.05) is 24.2 Å². The number of amides is 2. The lowest BCUT2D eigenvalue weighted by atomic mass is 9.95. The van der Waals surface area contributed by atoms with E-state index in [-0.39, 0.29) is 29.5 Å². The monoisotopic (exact) mass is 547 g/mol. The Kier molecular flexibility index (Phi) is 8.78. The predicted molar refractivity (Wildman–Crippen MR) is 153 cm³/mol. The van der Waals surface area contributed by atoms with E-state index in [0.717, 1.165) is 11.1 Å². The first kappa shape index (κ1) is 28.3. The van der Waals surface area contributed by atoms with E-state index in [1.165, 1.54) is 20.1 Å². The van der Waals surface area contributed by atoms with E-state index in [1.54, 1.807) is 57.7 Å². The van der Waals surface area contributed by atoms with Crippen LogP contribution in [0.5, 0.6) is 23.0 Å². The number of aryl methyl sites for hydroxylation is 1. The van der Waals surface area contributed by atoms with Crippen LogP contribution in [0.1, 0.15) is 30.5 Å². The van der Waals surface area contributed by atoms with Crippen LogP contribution in [0, 0.1) is 0 Å². The van der Waals surface area contributed by atoms with Gasteiger partial charge in [0.2, 0.25) is 23.0 Å². The van der Waals surface area contributed by atoms with Crippen LogP contribution < -0.4 is 40.3 Å².